The number of aliphatic carboxylic acids is 1. The summed E-state index contributed by atoms with van der Waals surface area (Å²) in [7, 11) is 3.08. The van der Waals surface area contributed by atoms with Crippen LogP contribution < -0.4 is 9.47 Å². The average molecular weight is 359 g/mol. The molecule has 2 heterocycles. The van der Waals surface area contributed by atoms with Gasteiger partial charge >= 0.3 is 5.97 Å². The fourth-order valence-corrected chi connectivity index (χ4v) is 3.34. The maximum Gasteiger partial charge on any atom is 0.305 e. The van der Waals surface area contributed by atoms with E-state index in [0.717, 1.165) is 11.1 Å². The molecule has 1 aliphatic rings. The van der Waals surface area contributed by atoms with Gasteiger partial charge in [0, 0.05) is 6.54 Å². The SMILES string of the molecule is COc1cc2c(cc1OC)C(CC(=O)O)N(C(=O)c1cnc(C)[nH]1)CC2. The first-order valence-corrected chi connectivity index (χ1v) is 8.23. The van der Waals surface area contributed by atoms with Crippen molar-refractivity contribution in [3.05, 3.63) is 41.0 Å². The molecule has 26 heavy (non-hydrogen) atoms. The Bertz CT molecular complexity index is 845. The molecule has 0 spiro atoms. The number of nitrogens with zero attached hydrogens (tertiary/aromatic N) is 2. The number of aryl methyl sites for hydroxylation is 1. The number of methoxy groups -OCH3 is 2. The minimum atomic E-state index is -0.976. The Morgan fingerprint density at radius 3 is 2.58 bits per heavy atom. The van der Waals surface area contributed by atoms with E-state index in [-0.39, 0.29) is 12.3 Å². The highest BCUT2D eigenvalue weighted by molar-refractivity contribution is 5.93. The van der Waals surface area contributed by atoms with E-state index in [4.69, 9.17) is 9.47 Å². The van der Waals surface area contributed by atoms with Crippen molar-refractivity contribution in [1.82, 2.24) is 14.9 Å². The molecule has 1 aromatic carbocycles. The Hall–Kier alpha value is -3.03. The van der Waals surface area contributed by atoms with Crippen molar-refractivity contribution in [2.45, 2.75) is 25.8 Å². The van der Waals surface area contributed by atoms with Crippen LogP contribution in [0.25, 0.3) is 0 Å². The maximum absolute atomic E-state index is 12.9. The molecule has 8 heteroatoms. The van der Waals surface area contributed by atoms with Gasteiger partial charge < -0.3 is 24.5 Å². The number of H-pyrrole nitrogens is 1. The van der Waals surface area contributed by atoms with Crippen molar-refractivity contribution in [1.29, 1.82) is 0 Å². The number of amides is 1. The summed E-state index contributed by atoms with van der Waals surface area (Å²) in [5.41, 5.74) is 2.07. The minimum absolute atomic E-state index is 0.193. The van der Waals surface area contributed by atoms with Crippen LogP contribution in [0.1, 0.15) is 39.9 Å². The van der Waals surface area contributed by atoms with E-state index < -0.39 is 12.0 Å². The van der Waals surface area contributed by atoms with Gasteiger partial charge in [-0.2, -0.15) is 0 Å². The maximum atomic E-state index is 12.9. The number of rotatable bonds is 5. The highest BCUT2D eigenvalue weighted by atomic mass is 16.5. The van der Waals surface area contributed by atoms with Crippen molar-refractivity contribution in [2.75, 3.05) is 20.8 Å². The van der Waals surface area contributed by atoms with E-state index in [0.29, 0.717) is 36.0 Å². The molecular weight excluding hydrogens is 338 g/mol. The lowest BCUT2D eigenvalue weighted by Crippen LogP contribution is -2.41. The van der Waals surface area contributed by atoms with Gasteiger partial charge in [0.25, 0.3) is 5.91 Å². The van der Waals surface area contributed by atoms with Gasteiger partial charge in [0.1, 0.15) is 11.5 Å². The lowest BCUT2D eigenvalue weighted by molar-refractivity contribution is -0.138. The third kappa shape index (κ3) is 3.22. The number of ether oxygens (including phenoxy) is 2. The molecule has 3 rings (SSSR count). The molecule has 0 aliphatic carbocycles. The molecule has 2 aromatic rings. The van der Waals surface area contributed by atoms with Crippen molar-refractivity contribution in [2.24, 2.45) is 0 Å². The summed E-state index contributed by atoms with van der Waals surface area (Å²) in [6, 6.07) is 3.03. The van der Waals surface area contributed by atoms with E-state index in [1.807, 2.05) is 6.07 Å². The van der Waals surface area contributed by atoms with Crippen molar-refractivity contribution >= 4 is 11.9 Å². The summed E-state index contributed by atoms with van der Waals surface area (Å²) >= 11 is 0. The Morgan fingerprint density at radius 1 is 1.31 bits per heavy atom. The smallest absolute Gasteiger partial charge is 0.305 e. The van der Waals surface area contributed by atoms with Crippen LogP contribution in [0.2, 0.25) is 0 Å². The van der Waals surface area contributed by atoms with Gasteiger partial charge in [-0.1, -0.05) is 0 Å². The second kappa shape index (κ2) is 7.07. The number of carbonyl (C=O) groups excluding carboxylic acids is 1. The monoisotopic (exact) mass is 359 g/mol. The summed E-state index contributed by atoms with van der Waals surface area (Å²) in [6.45, 7) is 2.17. The zero-order chi connectivity index (χ0) is 18.8. The molecule has 1 aliphatic heterocycles. The number of hydrogen-bond acceptors (Lipinski definition) is 5. The van der Waals surface area contributed by atoms with E-state index in [9.17, 15) is 14.7 Å². The van der Waals surface area contributed by atoms with Gasteiger partial charge in [-0.3, -0.25) is 9.59 Å². The van der Waals surface area contributed by atoms with Crippen LogP contribution in [0, 0.1) is 6.92 Å². The number of hydrogen-bond donors (Lipinski definition) is 2. The molecule has 0 fully saturated rings. The standard InChI is InChI=1S/C18H21N3O5/c1-10-19-9-13(20-10)18(24)21-5-4-11-6-15(25-2)16(26-3)7-12(11)14(21)8-17(22)23/h6-7,9,14H,4-5,8H2,1-3H3,(H,19,20)(H,22,23). The molecule has 1 amide bonds. The molecule has 1 atom stereocenters. The number of carbonyl (C=O) groups is 2. The average Bonchev–Trinajstić information content (AvgIpc) is 3.06. The Labute approximate surface area is 150 Å². The third-order valence-corrected chi connectivity index (χ3v) is 4.56. The largest absolute Gasteiger partial charge is 0.493 e. The summed E-state index contributed by atoms with van der Waals surface area (Å²) in [5.74, 6) is 0.484. The molecular formula is C18H21N3O5. The second-order valence-corrected chi connectivity index (χ2v) is 6.15. The minimum Gasteiger partial charge on any atom is -0.493 e. The normalized spacial score (nSPS) is 16.1. The molecule has 0 saturated carbocycles. The molecule has 0 radical (unpaired) electrons. The molecule has 8 nitrogen and oxygen atoms in total. The fourth-order valence-electron chi connectivity index (χ4n) is 3.34. The molecule has 1 aromatic heterocycles. The number of imidazole rings is 1. The lowest BCUT2D eigenvalue weighted by Gasteiger charge is -2.37. The molecule has 0 bridgehead atoms. The van der Waals surface area contributed by atoms with Crippen LogP contribution in [-0.2, 0) is 11.2 Å². The Kier molecular flexibility index (Phi) is 4.83. The first-order chi connectivity index (χ1) is 12.4. The van der Waals surface area contributed by atoms with Crippen molar-refractivity contribution in [3.8, 4) is 11.5 Å². The van der Waals surface area contributed by atoms with Gasteiger partial charge in [-0.15, -0.1) is 0 Å². The Balaban J connectivity index is 2.03. The fraction of sp³-hybridized carbons (Fsp3) is 0.389. The quantitative estimate of drug-likeness (QED) is 0.845. The van der Waals surface area contributed by atoms with Crippen LogP contribution >= 0.6 is 0 Å². The summed E-state index contributed by atoms with van der Waals surface area (Å²) in [5, 5.41) is 9.38. The van der Waals surface area contributed by atoms with Gasteiger partial charge in [0.2, 0.25) is 0 Å². The highest BCUT2D eigenvalue weighted by Gasteiger charge is 2.34. The van der Waals surface area contributed by atoms with Crippen molar-refractivity contribution < 1.29 is 24.2 Å². The number of carboxylic acids is 1. The van der Waals surface area contributed by atoms with Gasteiger partial charge in [-0.05, 0) is 36.6 Å². The molecule has 138 valence electrons. The van der Waals surface area contributed by atoms with Gasteiger partial charge in [-0.25, -0.2) is 4.98 Å². The second-order valence-electron chi connectivity index (χ2n) is 6.15. The molecule has 2 N–H and O–H groups in total. The predicted octanol–water partition coefficient (Wildman–Crippen LogP) is 1.95. The number of benzene rings is 1. The first kappa shape index (κ1) is 17.8. The summed E-state index contributed by atoms with van der Waals surface area (Å²) in [6.07, 6.45) is 1.88. The number of nitrogens with one attached hydrogen (secondary N) is 1. The summed E-state index contributed by atoms with van der Waals surface area (Å²) in [4.78, 5) is 32.9. The topological polar surface area (TPSA) is 105 Å². The summed E-state index contributed by atoms with van der Waals surface area (Å²) < 4.78 is 10.7. The van der Waals surface area contributed by atoms with Crippen LogP contribution in [0.5, 0.6) is 11.5 Å². The highest BCUT2D eigenvalue weighted by Crippen LogP contribution is 2.39. The van der Waals surface area contributed by atoms with E-state index >= 15 is 0 Å². The van der Waals surface area contributed by atoms with Crippen LogP contribution in [0.15, 0.2) is 18.3 Å². The van der Waals surface area contributed by atoms with Gasteiger partial charge in [0.05, 0.1) is 32.9 Å². The first-order valence-electron chi connectivity index (χ1n) is 8.23. The van der Waals surface area contributed by atoms with E-state index in [1.54, 1.807) is 25.0 Å². The Morgan fingerprint density at radius 2 is 2.00 bits per heavy atom. The van der Waals surface area contributed by atoms with Gasteiger partial charge in [0.15, 0.2) is 11.5 Å². The number of carboxylic acid groups (broad SMARTS) is 1. The lowest BCUT2D eigenvalue weighted by atomic mass is 9.89. The van der Waals surface area contributed by atoms with Crippen LogP contribution in [-0.4, -0.2) is 52.6 Å². The molecule has 1 unspecified atom stereocenters. The zero-order valence-electron chi connectivity index (χ0n) is 14.9. The van der Waals surface area contributed by atoms with E-state index in [2.05, 4.69) is 9.97 Å². The number of aromatic amines is 1. The number of fused-ring (bicyclic) bond motifs is 1. The van der Waals surface area contributed by atoms with Crippen LogP contribution in [0.4, 0.5) is 0 Å². The van der Waals surface area contributed by atoms with Crippen molar-refractivity contribution in [3.63, 3.8) is 0 Å². The predicted molar refractivity (Wildman–Crippen MR) is 92.6 cm³/mol. The van der Waals surface area contributed by atoms with Crippen LogP contribution in [0.3, 0.4) is 0 Å². The van der Waals surface area contributed by atoms with E-state index in [1.165, 1.54) is 13.3 Å². The molecule has 0 saturated heterocycles. The third-order valence-electron chi connectivity index (χ3n) is 4.56. The zero-order valence-corrected chi connectivity index (χ0v) is 14.9. The number of aromatic nitrogens is 2.